The Morgan fingerprint density at radius 1 is 1.30 bits per heavy atom. The molecule has 0 N–H and O–H groups in total. The highest BCUT2D eigenvalue weighted by molar-refractivity contribution is 7.98. The molecule has 3 aromatic heterocycles. The number of thioether (sulfide) groups is 1. The van der Waals surface area contributed by atoms with Crippen molar-refractivity contribution in [3.05, 3.63) is 76.8 Å². The molecule has 3 heterocycles. The number of hydrogen-bond donors (Lipinski definition) is 0. The molecule has 1 aromatic carbocycles. The van der Waals surface area contributed by atoms with Crippen molar-refractivity contribution in [1.82, 2.24) is 9.55 Å². The highest BCUT2D eigenvalue weighted by Gasteiger charge is 2.17. The van der Waals surface area contributed by atoms with Gasteiger partial charge in [0.25, 0.3) is 0 Å². The second-order valence-electron chi connectivity index (χ2n) is 5.72. The van der Waals surface area contributed by atoms with Gasteiger partial charge in [-0.25, -0.2) is 9.78 Å². The summed E-state index contributed by atoms with van der Waals surface area (Å²) >= 11 is 1.43. The normalized spacial score (nSPS) is 11.0. The van der Waals surface area contributed by atoms with Crippen LogP contribution >= 0.6 is 11.8 Å². The van der Waals surface area contributed by atoms with Crippen molar-refractivity contribution in [2.24, 2.45) is 7.05 Å². The number of rotatable bonds is 5. The monoisotopic (exact) mass is 382 g/mol. The molecular formula is C19H14N2O5S. The standard InChI is InChI=1S/C19H14N2O5S/c1-21-7-6-20-19(21)27-11-13-9-14(22)17(10-24-13)26-18(23)16-8-12-4-2-3-5-15(12)25-16/h2-10H,11H2,1H3. The van der Waals surface area contributed by atoms with Crippen molar-refractivity contribution in [3.8, 4) is 5.75 Å². The van der Waals surface area contributed by atoms with E-state index in [2.05, 4.69) is 4.98 Å². The number of carbonyl (C=O) groups excluding carboxylic acids is 1. The lowest BCUT2D eigenvalue weighted by atomic mass is 10.2. The predicted octanol–water partition coefficient (Wildman–Crippen LogP) is 3.63. The van der Waals surface area contributed by atoms with Crippen LogP contribution in [0, 0.1) is 0 Å². The first kappa shape index (κ1) is 17.2. The number of esters is 1. The van der Waals surface area contributed by atoms with E-state index >= 15 is 0 Å². The fraction of sp³-hybridized carbons (Fsp3) is 0.105. The van der Waals surface area contributed by atoms with E-state index in [1.165, 1.54) is 17.8 Å². The lowest BCUT2D eigenvalue weighted by Gasteiger charge is -2.03. The number of hydrogen-bond acceptors (Lipinski definition) is 7. The lowest BCUT2D eigenvalue weighted by molar-refractivity contribution is 0.0698. The van der Waals surface area contributed by atoms with Crippen LogP contribution < -0.4 is 10.2 Å². The van der Waals surface area contributed by atoms with Gasteiger partial charge < -0.3 is 18.1 Å². The maximum absolute atomic E-state index is 12.2. The third-order valence-electron chi connectivity index (χ3n) is 3.80. The number of carbonyl (C=O) groups is 1. The Kier molecular flexibility index (Phi) is 4.55. The number of fused-ring (bicyclic) bond motifs is 1. The third kappa shape index (κ3) is 3.65. The number of benzene rings is 1. The molecule has 0 aliphatic rings. The van der Waals surface area contributed by atoms with Crippen molar-refractivity contribution in [2.75, 3.05) is 0 Å². The molecule has 0 spiro atoms. The van der Waals surface area contributed by atoms with Crippen LogP contribution in [-0.4, -0.2) is 15.5 Å². The van der Waals surface area contributed by atoms with Crippen LogP contribution in [0.4, 0.5) is 0 Å². The van der Waals surface area contributed by atoms with Gasteiger partial charge in [0.05, 0.1) is 5.75 Å². The molecule has 0 fully saturated rings. The average molecular weight is 382 g/mol. The zero-order valence-corrected chi connectivity index (χ0v) is 15.1. The van der Waals surface area contributed by atoms with Crippen LogP contribution in [0.5, 0.6) is 5.75 Å². The summed E-state index contributed by atoms with van der Waals surface area (Å²) in [5.74, 6) is -0.0425. The first-order valence-corrected chi connectivity index (χ1v) is 9.01. The van der Waals surface area contributed by atoms with E-state index < -0.39 is 11.4 Å². The van der Waals surface area contributed by atoms with Gasteiger partial charge in [-0.2, -0.15) is 0 Å². The van der Waals surface area contributed by atoms with Crippen LogP contribution in [0.3, 0.4) is 0 Å². The molecule has 0 saturated carbocycles. The maximum atomic E-state index is 12.2. The summed E-state index contributed by atoms with van der Waals surface area (Å²) in [6.45, 7) is 0. The molecule has 0 saturated heterocycles. The van der Waals surface area contributed by atoms with E-state index in [1.54, 1.807) is 24.4 Å². The van der Waals surface area contributed by atoms with Gasteiger partial charge in [0, 0.05) is 30.9 Å². The number of nitrogens with zero attached hydrogens (tertiary/aromatic N) is 2. The lowest BCUT2D eigenvalue weighted by Crippen LogP contribution is -2.14. The number of ether oxygens (including phenoxy) is 1. The molecule has 8 heteroatoms. The Bertz CT molecular complexity index is 1140. The van der Waals surface area contributed by atoms with Gasteiger partial charge in [-0.3, -0.25) is 4.79 Å². The first-order valence-electron chi connectivity index (χ1n) is 8.03. The highest BCUT2D eigenvalue weighted by atomic mass is 32.2. The molecule has 0 amide bonds. The van der Waals surface area contributed by atoms with Crippen LogP contribution in [0.15, 0.2) is 73.8 Å². The number of aryl methyl sites for hydroxylation is 1. The third-order valence-corrected chi connectivity index (χ3v) is 4.88. The average Bonchev–Trinajstić information content (AvgIpc) is 3.28. The first-order chi connectivity index (χ1) is 13.1. The van der Waals surface area contributed by atoms with Gasteiger partial charge in [0.15, 0.2) is 5.16 Å². The minimum atomic E-state index is -0.756. The minimum Gasteiger partial charge on any atom is -0.464 e. The Hall–Kier alpha value is -3.26. The second-order valence-corrected chi connectivity index (χ2v) is 6.66. The smallest absolute Gasteiger partial charge is 0.379 e. The molecular weight excluding hydrogens is 368 g/mol. The predicted molar refractivity (Wildman–Crippen MR) is 98.9 cm³/mol. The van der Waals surface area contributed by atoms with Crippen molar-refractivity contribution in [2.45, 2.75) is 10.9 Å². The second kappa shape index (κ2) is 7.16. The van der Waals surface area contributed by atoms with Gasteiger partial charge in [-0.15, -0.1) is 0 Å². The van der Waals surface area contributed by atoms with Crippen molar-refractivity contribution in [1.29, 1.82) is 0 Å². The summed E-state index contributed by atoms with van der Waals surface area (Å²) < 4.78 is 17.8. The van der Waals surface area contributed by atoms with Crippen LogP contribution in [0.1, 0.15) is 16.3 Å². The zero-order chi connectivity index (χ0) is 18.8. The maximum Gasteiger partial charge on any atom is 0.379 e. The molecule has 0 atom stereocenters. The highest BCUT2D eigenvalue weighted by Crippen LogP contribution is 2.22. The molecule has 0 bridgehead atoms. The Labute approximate surface area is 157 Å². The SMILES string of the molecule is Cn1ccnc1SCc1cc(=O)c(OC(=O)c2cc3ccccc3o2)co1. The van der Waals surface area contributed by atoms with Crippen LogP contribution in [0.25, 0.3) is 11.0 Å². The summed E-state index contributed by atoms with van der Waals surface area (Å²) in [7, 11) is 1.88. The Balaban J connectivity index is 1.46. The molecule has 0 aliphatic carbocycles. The molecule has 0 aliphatic heterocycles. The van der Waals surface area contributed by atoms with E-state index in [0.717, 1.165) is 16.8 Å². The molecule has 27 heavy (non-hydrogen) atoms. The molecule has 0 unspecified atom stereocenters. The number of para-hydroxylation sites is 1. The van der Waals surface area contributed by atoms with E-state index in [4.69, 9.17) is 13.6 Å². The van der Waals surface area contributed by atoms with Gasteiger partial charge >= 0.3 is 5.97 Å². The summed E-state index contributed by atoms with van der Waals surface area (Å²) in [6, 6.07) is 10.1. The summed E-state index contributed by atoms with van der Waals surface area (Å²) in [5, 5.41) is 1.58. The fourth-order valence-corrected chi connectivity index (χ4v) is 3.27. The fourth-order valence-electron chi connectivity index (χ4n) is 2.45. The van der Waals surface area contributed by atoms with E-state index in [0.29, 0.717) is 17.1 Å². The Morgan fingerprint density at radius 2 is 2.15 bits per heavy atom. The van der Waals surface area contributed by atoms with E-state index in [1.807, 2.05) is 29.9 Å². The zero-order valence-electron chi connectivity index (χ0n) is 14.2. The van der Waals surface area contributed by atoms with E-state index in [9.17, 15) is 9.59 Å². The molecule has 136 valence electrons. The van der Waals surface area contributed by atoms with Crippen molar-refractivity contribution < 1.29 is 18.4 Å². The van der Waals surface area contributed by atoms with Gasteiger partial charge in [-0.05, 0) is 12.1 Å². The molecule has 4 aromatic rings. The van der Waals surface area contributed by atoms with Gasteiger partial charge in [0.1, 0.15) is 17.6 Å². The molecule has 0 radical (unpaired) electrons. The number of aromatic nitrogens is 2. The van der Waals surface area contributed by atoms with Crippen LogP contribution in [-0.2, 0) is 12.8 Å². The molecule has 7 nitrogen and oxygen atoms in total. The van der Waals surface area contributed by atoms with Gasteiger partial charge in [-0.1, -0.05) is 30.0 Å². The minimum absolute atomic E-state index is 0.0185. The van der Waals surface area contributed by atoms with Crippen molar-refractivity contribution >= 4 is 28.7 Å². The summed E-state index contributed by atoms with van der Waals surface area (Å²) in [5.41, 5.74) is 0.124. The topological polar surface area (TPSA) is 87.5 Å². The summed E-state index contributed by atoms with van der Waals surface area (Å²) in [4.78, 5) is 28.6. The Morgan fingerprint density at radius 3 is 2.89 bits per heavy atom. The van der Waals surface area contributed by atoms with E-state index in [-0.39, 0.29) is 11.5 Å². The van der Waals surface area contributed by atoms with Crippen molar-refractivity contribution in [3.63, 3.8) is 0 Å². The largest absolute Gasteiger partial charge is 0.464 e. The molecule has 4 rings (SSSR count). The number of furan rings is 1. The quantitative estimate of drug-likeness (QED) is 0.385. The van der Waals surface area contributed by atoms with Crippen LogP contribution in [0.2, 0.25) is 0 Å². The summed E-state index contributed by atoms with van der Waals surface area (Å²) in [6.07, 6.45) is 4.66. The van der Waals surface area contributed by atoms with Gasteiger partial charge in [0.2, 0.25) is 16.9 Å². The number of imidazole rings is 1.